The third-order valence-electron chi connectivity index (χ3n) is 5.75. The molecule has 0 fully saturated rings. The second kappa shape index (κ2) is 18.7. The molecule has 2 heteroatoms. The minimum absolute atomic E-state index is 0.0206. The number of rotatable bonds is 19. The monoisotopic (exact) mass is 402 g/mol. The number of carbonyl (C=O) groups excluding carboxylic acids is 1. The maximum atomic E-state index is 12.4. The molecule has 0 aromatic heterocycles. The summed E-state index contributed by atoms with van der Waals surface area (Å²) in [5, 5.41) is 0. The lowest BCUT2D eigenvalue weighted by atomic mass is 10.0. The minimum atomic E-state index is -0.0755. The number of benzene rings is 1. The van der Waals surface area contributed by atoms with Gasteiger partial charge >= 0.3 is 5.97 Å². The van der Waals surface area contributed by atoms with Gasteiger partial charge < -0.3 is 4.74 Å². The van der Waals surface area contributed by atoms with Gasteiger partial charge in [-0.05, 0) is 24.8 Å². The van der Waals surface area contributed by atoms with Crippen LogP contribution in [0, 0.1) is 0 Å². The van der Waals surface area contributed by atoms with Crippen molar-refractivity contribution in [2.45, 2.75) is 129 Å². The molecule has 1 aromatic carbocycles. The van der Waals surface area contributed by atoms with E-state index < -0.39 is 0 Å². The Labute approximate surface area is 180 Å². The van der Waals surface area contributed by atoms with Crippen molar-refractivity contribution in [2.24, 2.45) is 0 Å². The van der Waals surface area contributed by atoms with Crippen molar-refractivity contribution < 1.29 is 9.53 Å². The Hall–Kier alpha value is -1.31. The van der Waals surface area contributed by atoms with E-state index in [0.717, 1.165) is 31.2 Å². The van der Waals surface area contributed by atoms with Crippen LogP contribution in [0.1, 0.15) is 135 Å². The van der Waals surface area contributed by atoms with Crippen molar-refractivity contribution in [2.75, 3.05) is 0 Å². The van der Waals surface area contributed by atoms with Crippen LogP contribution in [0.4, 0.5) is 0 Å². The molecule has 1 rings (SSSR count). The van der Waals surface area contributed by atoms with Crippen LogP contribution in [0.25, 0.3) is 0 Å². The third-order valence-corrected chi connectivity index (χ3v) is 5.75. The summed E-state index contributed by atoms with van der Waals surface area (Å²) in [6.07, 6.45) is 20.5. The molecule has 0 N–H and O–H groups in total. The summed E-state index contributed by atoms with van der Waals surface area (Å²) in [6, 6.07) is 10.3. The maximum Gasteiger partial charge on any atom is 0.306 e. The van der Waals surface area contributed by atoms with Gasteiger partial charge in [-0.1, -0.05) is 128 Å². The van der Waals surface area contributed by atoms with Gasteiger partial charge in [0.1, 0.15) is 6.10 Å². The SMILES string of the molecule is CCCCCCCCCCCC(=O)OC(CCCCCCCC)c1ccccc1. The summed E-state index contributed by atoms with van der Waals surface area (Å²) in [6.45, 7) is 4.51. The van der Waals surface area contributed by atoms with Crippen LogP contribution in [0.5, 0.6) is 0 Å². The van der Waals surface area contributed by atoms with E-state index in [1.165, 1.54) is 77.0 Å². The van der Waals surface area contributed by atoms with Gasteiger partial charge in [0.2, 0.25) is 0 Å². The molecular formula is C27H46O2. The first kappa shape index (κ1) is 25.7. The topological polar surface area (TPSA) is 26.3 Å². The van der Waals surface area contributed by atoms with Gasteiger partial charge in [0.05, 0.1) is 0 Å². The van der Waals surface area contributed by atoms with E-state index in [-0.39, 0.29) is 12.1 Å². The van der Waals surface area contributed by atoms with E-state index in [1.54, 1.807) is 0 Å². The zero-order valence-electron chi connectivity index (χ0n) is 19.3. The molecule has 2 nitrogen and oxygen atoms in total. The van der Waals surface area contributed by atoms with Crippen LogP contribution < -0.4 is 0 Å². The van der Waals surface area contributed by atoms with Gasteiger partial charge in [0.25, 0.3) is 0 Å². The van der Waals surface area contributed by atoms with Crippen LogP contribution in [-0.2, 0) is 9.53 Å². The van der Waals surface area contributed by atoms with Crippen LogP contribution in [0.2, 0.25) is 0 Å². The van der Waals surface area contributed by atoms with Crippen LogP contribution in [-0.4, -0.2) is 5.97 Å². The fourth-order valence-corrected chi connectivity index (χ4v) is 3.87. The molecule has 0 aliphatic heterocycles. The summed E-state index contributed by atoms with van der Waals surface area (Å²) >= 11 is 0. The number of hydrogen-bond donors (Lipinski definition) is 0. The normalized spacial score (nSPS) is 12.1. The molecule has 1 unspecified atom stereocenters. The van der Waals surface area contributed by atoms with Crippen LogP contribution in [0.15, 0.2) is 30.3 Å². The van der Waals surface area contributed by atoms with Gasteiger partial charge in [-0.25, -0.2) is 0 Å². The number of ether oxygens (including phenoxy) is 1. The fourth-order valence-electron chi connectivity index (χ4n) is 3.87. The van der Waals surface area contributed by atoms with E-state index in [1.807, 2.05) is 18.2 Å². The average Bonchev–Trinajstić information content (AvgIpc) is 2.74. The third kappa shape index (κ3) is 14.3. The number of esters is 1. The second-order valence-electron chi connectivity index (χ2n) is 8.52. The molecule has 1 aromatic rings. The minimum Gasteiger partial charge on any atom is -0.457 e. The summed E-state index contributed by atoms with van der Waals surface area (Å²) in [5.74, 6) is -0.0206. The summed E-state index contributed by atoms with van der Waals surface area (Å²) in [7, 11) is 0. The highest BCUT2D eigenvalue weighted by Gasteiger charge is 2.16. The first-order valence-corrected chi connectivity index (χ1v) is 12.5. The Kier molecular flexibility index (Phi) is 16.6. The lowest BCUT2D eigenvalue weighted by Crippen LogP contribution is -2.11. The summed E-state index contributed by atoms with van der Waals surface area (Å²) in [4.78, 5) is 12.4. The molecule has 29 heavy (non-hydrogen) atoms. The number of carbonyl (C=O) groups is 1. The standard InChI is InChI=1S/C27H46O2/c1-3-5-7-9-11-12-13-15-20-24-27(28)29-26(25-21-17-16-18-22-25)23-19-14-10-8-6-4-2/h16-18,21-22,26H,3-15,19-20,23-24H2,1-2H3. The molecule has 0 spiro atoms. The Morgan fingerprint density at radius 3 is 1.72 bits per heavy atom. The van der Waals surface area contributed by atoms with E-state index in [0.29, 0.717) is 6.42 Å². The zero-order valence-corrected chi connectivity index (χ0v) is 19.3. The number of unbranched alkanes of at least 4 members (excludes halogenated alkanes) is 13. The van der Waals surface area contributed by atoms with Crippen molar-refractivity contribution in [3.05, 3.63) is 35.9 Å². The average molecular weight is 403 g/mol. The molecule has 0 bridgehead atoms. The van der Waals surface area contributed by atoms with Crippen molar-refractivity contribution in [1.29, 1.82) is 0 Å². The highest BCUT2D eigenvalue weighted by Crippen LogP contribution is 2.25. The van der Waals surface area contributed by atoms with Gasteiger partial charge in [-0.15, -0.1) is 0 Å². The van der Waals surface area contributed by atoms with Crippen LogP contribution >= 0.6 is 0 Å². The van der Waals surface area contributed by atoms with E-state index in [2.05, 4.69) is 26.0 Å². The van der Waals surface area contributed by atoms with E-state index >= 15 is 0 Å². The Bertz CT molecular complexity index is 483. The molecule has 0 radical (unpaired) electrons. The van der Waals surface area contributed by atoms with Crippen molar-refractivity contribution in [3.8, 4) is 0 Å². The summed E-state index contributed by atoms with van der Waals surface area (Å²) < 4.78 is 5.90. The van der Waals surface area contributed by atoms with Crippen molar-refractivity contribution in [1.82, 2.24) is 0 Å². The molecule has 0 aliphatic carbocycles. The van der Waals surface area contributed by atoms with Gasteiger partial charge in [-0.2, -0.15) is 0 Å². The van der Waals surface area contributed by atoms with E-state index in [4.69, 9.17) is 4.74 Å². The Morgan fingerprint density at radius 1 is 0.690 bits per heavy atom. The van der Waals surface area contributed by atoms with Crippen molar-refractivity contribution >= 4 is 5.97 Å². The molecule has 0 saturated heterocycles. The second-order valence-corrected chi connectivity index (χ2v) is 8.52. The zero-order chi connectivity index (χ0) is 21.0. The number of hydrogen-bond acceptors (Lipinski definition) is 2. The van der Waals surface area contributed by atoms with Gasteiger partial charge in [0, 0.05) is 6.42 Å². The fraction of sp³-hybridized carbons (Fsp3) is 0.741. The molecule has 166 valence electrons. The Morgan fingerprint density at radius 2 is 1.17 bits per heavy atom. The highest BCUT2D eigenvalue weighted by molar-refractivity contribution is 5.69. The van der Waals surface area contributed by atoms with Gasteiger partial charge in [0.15, 0.2) is 0 Å². The summed E-state index contributed by atoms with van der Waals surface area (Å²) in [5.41, 5.74) is 1.14. The van der Waals surface area contributed by atoms with Crippen LogP contribution in [0.3, 0.4) is 0 Å². The first-order valence-electron chi connectivity index (χ1n) is 12.5. The molecule has 0 aliphatic rings. The molecule has 1 atom stereocenters. The highest BCUT2D eigenvalue weighted by atomic mass is 16.5. The molecule has 0 saturated carbocycles. The quantitative estimate of drug-likeness (QED) is 0.170. The predicted molar refractivity (Wildman–Crippen MR) is 125 cm³/mol. The van der Waals surface area contributed by atoms with E-state index in [9.17, 15) is 4.79 Å². The lowest BCUT2D eigenvalue weighted by molar-refractivity contribution is -0.150. The largest absolute Gasteiger partial charge is 0.457 e. The smallest absolute Gasteiger partial charge is 0.306 e. The molecule has 0 amide bonds. The predicted octanol–water partition coefficient (Wildman–Crippen LogP) is 8.94. The maximum absolute atomic E-state index is 12.4. The lowest BCUT2D eigenvalue weighted by Gasteiger charge is -2.18. The molecule has 0 heterocycles. The molecular weight excluding hydrogens is 356 g/mol. The van der Waals surface area contributed by atoms with Crippen molar-refractivity contribution in [3.63, 3.8) is 0 Å². The Balaban J connectivity index is 2.23. The van der Waals surface area contributed by atoms with Gasteiger partial charge in [-0.3, -0.25) is 4.79 Å². The first-order chi connectivity index (χ1) is 14.3.